The molecule has 2 saturated heterocycles. The normalized spacial score (nSPS) is 22.6. The van der Waals surface area contributed by atoms with Gasteiger partial charge in [-0.05, 0) is 11.5 Å². The van der Waals surface area contributed by atoms with Gasteiger partial charge in [-0.3, -0.25) is 14.4 Å². The molecule has 2 heterocycles. The number of fused-ring (bicyclic) bond motifs is 1. The van der Waals surface area contributed by atoms with Crippen LogP contribution >= 0.6 is 0 Å². The Morgan fingerprint density at radius 2 is 1.89 bits per heavy atom. The van der Waals surface area contributed by atoms with Crippen LogP contribution in [-0.2, 0) is 19.1 Å². The number of anilines is 1. The zero-order chi connectivity index (χ0) is 19.7. The van der Waals surface area contributed by atoms with Crippen LogP contribution in [-0.4, -0.2) is 60.1 Å². The molecule has 0 aromatic heterocycles. The molecule has 2 aliphatic rings. The number of carbonyl (C=O) groups is 3. The molecule has 2 unspecified atom stereocenters. The van der Waals surface area contributed by atoms with E-state index in [9.17, 15) is 14.4 Å². The minimum absolute atomic E-state index is 0.0648. The third-order valence-electron chi connectivity index (χ3n) is 5.38. The molecule has 4 rings (SSSR count). The van der Waals surface area contributed by atoms with Crippen LogP contribution in [0.15, 0.2) is 42.5 Å². The van der Waals surface area contributed by atoms with Crippen molar-refractivity contribution in [2.75, 3.05) is 31.1 Å². The van der Waals surface area contributed by atoms with Crippen molar-refractivity contribution in [2.45, 2.75) is 18.9 Å². The van der Waals surface area contributed by atoms with Gasteiger partial charge in [0.25, 0.3) is 0 Å². The highest BCUT2D eigenvalue weighted by Crippen LogP contribution is 2.32. The van der Waals surface area contributed by atoms with Gasteiger partial charge in [0.2, 0.25) is 11.8 Å². The van der Waals surface area contributed by atoms with E-state index in [0.29, 0.717) is 19.7 Å². The average Bonchev–Trinajstić information content (AvgIpc) is 3.08. The van der Waals surface area contributed by atoms with Gasteiger partial charge < -0.3 is 19.6 Å². The lowest BCUT2D eigenvalue weighted by Gasteiger charge is -2.33. The summed E-state index contributed by atoms with van der Waals surface area (Å²) in [4.78, 5) is 39.9. The first kappa shape index (κ1) is 18.4. The van der Waals surface area contributed by atoms with Crippen molar-refractivity contribution >= 4 is 34.2 Å². The number of hydrogen-bond donors (Lipinski definition) is 1. The van der Waals surface area contributed by atoms with Crippen LogP contribution in [0.5, 0.6) is 0 Å². The van der Waals surface area contributed by atoms with Crippen molar-refractivity contribution in [3.63, 3.8) is 0 Å². The van der Waals surface area contributed by atoms with Crippen LogP contribution in [0.3, 0.4) is 0 Å². The molecule has 0 spiro atoms. The van der Waals surface area contributed by atoms with Gasteiger partial charge >= 0.3 is 5.97 Å². The molecule has 0 radical (unpaired) electrons. The summed E-state index contributed by atoms with van der Waals surface area (Å²) < 4.78 is 5.44. The Labute approximate surface area is 162 Å². The third-order valence-corrected chi connectivity index (χ3v) is 5.38. The molecule has 7 nitrogen and oxygen atoms in total. The van der Waals surface area contributed by atoms with Crippen molar-refractivity contribution in [3.05, 3.63) is 42.5 Å². The number of rotatable bonds is 4. The Morgan fingerprint density at radius 1 is 1.11 bits per heavy atom. The summed E-state index contributed by atoms with van der Waals surface area (Å²) in [6, 6.07) is 13.7. The van der Waals surface area contributed by atoms with Crippen molar-refractivity contribution in [2.24, 2.45) is 5.92 Å². The van der Waals surface area contributed by atoms with Crippen LogP contribution in [0.1, 0.15) is 12.8 Å². The molecular weight excluding hydrogens is 360 g/mol. The van der Waals surface area contributed by atoms with Crippen LogP contribution in [0.2, 0.25) is 0 Å². The maximum atomic E-state index is 13.0. The van der Waals surface area contributed by atoms with Crippen LogP contribution in [0.4, 0.5) is 5.69 Å². The number of benzene rings is 2. The van der Waals surface area contributed by atoms with Gasteiger partial charge in [-0.2, -0.15) is 0 Å². The molecule has 0 saturated carbocycles. The highest BCUT2D eigenvalue weighted by atomic mass is 16.5. The van der Waals surface area contributed by atoms with Crippen LogP contribution in [0.25, 0.3) is 10.8 Å². The first-order valence-electron chi connectivity index (χ1n) is 9.43. The fourth-order valence-electron chi connectivity index (χ4n) is 4.05. The largest absolute Gasteiger partial charge is 0.481 e. The van der Waals surface area contributed by atoms with Gasteiger partial charge in [0.05, 0.1) is 30.7 Å². The Bertz CT molecular complexity index is 923. The zero-order valence-electron chi connectivity index (χ0n) is 15.4. The summed E-state index contributed by atoms with van der Waals surface area (Å²) in [5.74, 6) is -1.53. The van der Waals surface area contributed by atoms with E-state index in [4.69, 9.17) is 9.84 Å². The summed E-state index contributed by atoms with van der Waals surface area (Å²) in [6.07, 6.45) is -0.458. The third kappa shape index (κ3) is 3.57. The molecule has 2 amide bonds. The van der Waals surface area contributed by atoms with Gasteiger partial charge in [0.1, 0.15) is 0 Å². The summed E-state index contributed by atoms with van der Waals surface area (Å²) in [6.45, 7) is 1.34. The number of nitrogens with zero attached hydrogens (tertiary/aromatic N) is 2. The summed E-state index contributed by atoms with van der Waals surface area (Å²) >= 11 is 0. The molecule has 2 aliphatic heterocycles. The topological polar surface area (TPSA) is 87.2 Å². The zero-order valence-corrected chi connectivity index (χ0v) is 15.4. The van der Waals surface area contributed by atoms with E-state index in [1.807, 2.05) is 42.5 Å². The maximum absolute atomic E-state index is 13.0. The van der Waals surface area contributed by atoms with Gasteiger partial charge in [-0.1, -0.05) is 36.4 Å². The second-order valence-corrected chi connectivity index (χ2v) is 7.28. The number of hydrogen-bond acceptors (Lipinski definition) is 4. The molecule has 1 N–H and O–H groups in total. The highest BCUT2D eigenvalue weighted by Gasteiger charge is 2.39. The molecule has 0 bridgehead atoms. The number of carboxylic acid groups (broad SMARTS) is 1. The van der Waals surface area contributed by atoms with Crippen LogP contribution < -0.4 is 4.90 Å². The molecule has 0 aliphatic carbocycles. The van der Waals surface area contributed by atoms with E-state index in [2.05, 4.69) is 0 Å². The SMILES string of the molecule is O=C(O)CC1CN(C(=O)C2CC(=O)N(c3cccc4ccccc34)C2)CCO1. The molecule has 2 fully saturated rings. The van der Waals surface area contributed by atoms with E-state index in [1.165, 1.54) is 0 Å². The Balaban J connectivity index is 1.50. The molecule has 28 heavy (non-hydrogen) atoms. The smallest absolute Gasteiger partial charge is 0.306 e. The Hall–Kier alpha value is -2.93. The van der Waals surface area contributed by atoms with E-state index in [1.54, 1.807) is 9.80 Å². The maximum Gasteiger partial charge on any atom is 0.306 e. The van der Waals surface area contributed by atoms with Gasteiger partial charge in [0.15, 0.2) is 0 Å². The first-order valence-corrected chi connectivity index (χ1v) is 9.43. The molecule has 2 atom stereocenters. The van der Waals surface area contributed by atoms with Gasteiger partial charge in [-0.15, -0.1) is 0 Å². The summed E-state index contributed by atoms with van der Waals surface area (Å²) in [7, 11) is 0. The molecule has 2 aromatic rings. The lowest BCUT2D eigenvalue weighted by molar-refractivity contribution is -0.149. The lowest BCUT2D eigenvalue weighted by Crippen LogP contribution is -2.48. The fourth-order valence-corrected chi connectivity index (χ4v) is 4.05. The molecule has 146 valence electrons. The fraction of sp³-hybridized carbons (Fsp3) is 0.381. The Kier molecular flexibility index (Phi) is 5.00. The van der Waals surface area contributed by atoms with Crippen molar-refractivity contribution in [1.29, 1.82) is 0 Å². The quantitative estimate of drug-likeness (QED) is 0.873. The number of carbonyl (C=O) groups excluding carboxylic acids is 2. The standard InChI is InChI=1S/C21H22N2O5/c24-19-10-15(21(27)22-8-9-28-16(13-22)11-20(25)26)12-23(19)18-7-3-5-14-4-1-2-6-17(14)18/h1-7,15-16H,8-13H2,(H,25,26). The van der Waals surface area contributed by atoms with Crippen molar-refractivity contribution in [3.8, 4) is 0 Å². The van der Waals surface area contributed by atoms with Gasteiger partial charge in [-0.25, -0.2) is 0 Å². The first-order chi connectivity index (χ1) is 13.5. The second kappa shape index (κ2) is 7.59. The number of amides is 2. The Morgan fingerprint density at radius 3 is 2.71 bits per heavy atom. The monoisotopic (exact) mass is 382 g/mol. The summed E-state index contributed by atoms with van der Waals surface area (Å²) in [5.41, 5.74) is 0.823. The second-order valence-electron chi connectivity index (χ2n) is 7.28. The minimum Gasteiger partial charge on any atom is -0.481 e. The number of ether oxygens (including phenoxy) is 1. The number of carboxylic acids is 1. The van der Waals surface area contributed by atoms with Gasteiger partial charge in [0, 0.05) is 31.4 Å². The van der Waals surface area contributed by atoms with Crippen molar-refractivity contribution < 1.29 is 24.2 Å². The number of morpholine rings is 1. The van der Waals surface area contributed by atoms with E-state index in [-0.39, 0.29) is 31.2 Å². The molecule has 2 aromatic carbocycles. The lowest BCUT2D eigenvalue weighted by atomic mass is 10.1. The number of aliphatic carboxylic acids is 1. The minimum atomic E-state index is -0.947. The van der Waals surface area contributed by atoms with Crippen LogP contribution in [0, 0.1) is 5.92 Å². The average molecular weight is 382 g/mol. The predicted octanol–water partition coefficient (Wildman–Crippen LogP) is 1.89. The highest BCUT2D eigenvalue weighted by molar-refractivity contribution is 6.07. The summed E-state index contributed by atoms with van der Waals surface area (Å²) in [5, 5.41) is 11.0. The molecular formula is C21H22N2O5. The van der Waals surface area contributed by atoms with E-state index < -0.39 is 18.0 Å². The van der Waals surface area contributed by atoms with E-state index >= 15 is 0 Å². The van der Waals surface area contributed by atoms with E-state index in [0.717, 1.165) is 16.5 Å². The van der Waals surface area contributed by atoms with Crippen molar-refractivity contribution in [1.82, 2.24) is 4.90 Å². The molecule has 7 heteroatoms. The predicted molar refractivity (Wildman–Crippen MR) is 103 cm³/mol.